The molecule has 1 saturated heterocycles. The highest BCUT2D eigenvalue weighted by atomic mass is 32.2. The first-order chi connectivity index (χ1) is 8.70. The maximum Gasteiger partial charge on any atom is 0.223 e. The fourth-order valence-corrected chi connectivity index (χ4v) is 3.26. The highest BCUT2D eigenvalue weighted by Crippen LogP contribution is 2.26. The summed E-state index contributed by atoms with van der Waals surface area (Å²) in [5.41, 5.74) is 5.77. The molecule has 0 bridgehead atoms. The van der Waals surface area contributed by atoms with Crippen LogP contribution in [0.1, 0.15) is 19.8 Å². The van der Waals surface area contributed by atoms with Gasteiger partial charge in [-0.3, -0.25) is 0 Å². The van der Waals surface area contributed by atoms with Crippen LogP contribution < -0.4 is 16.0 Å². The highest BCUT2D eigenvalue weighted by Gasteiger charge is 2.21. The number of anilines is 3. The van der Waals surface area contributed by atoms with Crippen molar-refractivity contribution in [2.75, 3.05) is 41.0 Å². The fourth-order valence-electron chi connectivity index (χ4n) is 1.99. The standard InChI is InChI=1S/C12H21N5S/c1-3-5-14-10-7-11(16-12(13)15-10)17(2)9-4-6-18-8-9/h7,9H,3-6,8H2,1-2H3,(H3,13,14,15,16). The number of nitrogens with zero attached hydrogens (tertiary/aromatic N) is 3. The Kier molecular flexibility index (Phi) is 4.52. The summed E-state index contributed by atoms with van der Waals surface area (Å²) in [4.78, 5) is 10.8. The van der Waals surface area contributed by atoms with E-state index in [1.807, 2.05) is 17.8 Å². The van der Waals surface area contributed by atoms with E-state index >= 15 is 0 Å². The Hall–Kier alpha value is -1.17. The van der Waals surface area contributed by atoms with Gasteiger partial charge >= 0.3 is 0 Å². The van der Waals surface area contributed by atoms with Crippen molar-refractivity contribution in [1.29, 1.82) is 0 Å². The van der Waals surface area contributed by atoms with E-state index in [0.29, 0.717) is 12.0 Å². The normalized spacial score (nSPS) is 18.9. The zero-order valence-electron chi connectivity index (χ0n) is 11.0. The molecule has 1 aliphatic rings. The molecule has 0 radical (unpaired) electrons. The highest BCUT2D eigenvalue weighted by molar-refractivity contribution is 7.99. The summed E-state index contributed by atoms with van der Waals surface area (Å²) >= 11 is 2.00. The van der Waals surface area contributed by atoms with E-state index in [1.54, 1.807) is 0 Å². The predicted molar refractivity (Wildman–Crippen MR) is 79.4 cm³/mol. The van der Waals surface area contributed by atoms with Crippen molar-refractivity contribution < 1.29 is 0 Å². The molecule has 2 rings (SSSR count). The Labute approximate surface area is 113 Å². The monoisotopic (exact) mass is 267 g/mol. The minimum atomic E-state index is 0.337. The summed E-state index contributed by atoms with van der Waals surface area (Å²) in [6.07, 6.45) is 2.27. The molecule has 1 fully saturated rings. The number of nitrogen functional groups attached to an aromatic ring is 1. The Balaban J connectivity index is 2.13. The van der Waals surface area contributed by atoms with Crippen LogP contribution in [0.5, 0.6) is 0 Å². The van der Waals surface area contributed by atoms with E-state index < -0.39 is 0 Å². The molecule has 0 aliphatic carbocycles. The lowest BCUT2D eigenvalue weighted by molar-refractivity contribution is 0.691. The Bertz CT molecular complexity index is 392. The Morgan fingerprint density at radius 1 is 1.56 bits per heavy atom. The quantitative estimate of drug-likeness (QED) is 0.848. The summed E-state index contributed by atoms with van der Waals surface area (Å²) in [5, 5.41) is 3.26. The average molecular weight is 267 g/mol. The van der Waals surface area contributed by atoms with E-state index in [-0.39, 0.29) is 0 Å². The molecule has 1 unspecified atom stereocenters. The van der Waals surface area contributed by atoms with Crippen molar-refractivity contribution in [2.45, 2.75) is 25.8 Å². The molecule has 1 aromatic heterocycles. The van der Waals surface area contributed by atoms with Crippen LogP contribution in [-0.2, 0) is 0 Å². The second kappa shape index (κ2) is 6.13. The molecule has 100 valence electrons. The lowest BCUT2D eigenvalue weighted by Crippen LogP contribution is -2.32. The summed E-state index contributed by atoms with van der Waals surface area (Å²) in [6.45, 7) is 3.03. The Morgan fingerprint density at radius 2 is 2.39 bits per heavy atom. The van der Waals surface area contributed by atoms with Gasteiger partial charge in [0.25, 0.3) is 0 Å². The van der Waals surface area contributed by atoms with E-state index in [9.17, 15) is 0 Å². The zero-order chi connectivity index (χ0) is 13.0. The van der Waals surface area contributed by atoms with Gasteiger partial charge in [-0.15, -0.1) is 0 Å². The molecular weight excluding hydrogens is 246 g/mol. The van der Waals surface area contributed by atoms with E-state index in [2.05, 4.69) is 34.2 Å². The van der Waals surface area contributed by atoms with Crippen LogP contribution in [0, 0.1) is 0 Å². The smallest absolute Gasteiger partial charge is 0.223 e. The molecule has 2 heterocycles. The van der Waals surface area contributed by atoms with Crippen LogP contribution >= 0.6 is 11.8 Å². The van der Waals surface area contributed by atoms with Gasteiger partial charge < -0.3 is 16.0 Å². The molecule has 0 aromatic carbocycles. The van der Waals surface area contributed by atoms with Gasteiger partial charge in [-0.1, -0.05) is 6.92 Å². The first-order valence-corrected chi connectivity index (χ1v) is 7.55. The number of rotatable bonds is 5. The molecular formula is C12H21N5S. The number of aromatic nitrogens is 2. The van der Waals surface area contributed by atoms with Crippen molar-refractivity contribution in [3.05, 3.63) is 6.07 Å². The van der Waals surface area contributed by atoms with Gasteiger partial charge in [-0.2, -0.15) is 21.7 Å². The predicted octanol–water partition coefficient (Wildman–Crippen LogP) is 1.82. The van der Waals surface area contributed by atoms with Crippen molar-refractivity contribution in [3.63, 3.8) is 0 Å². The van der Waals surface area contributed by atoms with Crippen LogP contribution in [0.3, 0.4) is 0 Å². The van der Waals surface area contributed by atoms with E-state index in [0.717, 1.165) is 30.4 Å². The lowest BCUT2D eigenvalue weighted by Gasteiger charge is -2.25. The number of hydrogen-bond acceptors (Lipinski definition) is 6. The summed E-state index contributed by atoms with van der Waals surface area (Å²) in [6, 6.07) is 2.54. The zero-order valence-corrected chi connectivity index (χ0v) is 11.8. The van der Waals surface area contributed by atoms with Crippen LogP contribution in [0.2, 0.25) is 0 Å². The Morgan fingerprint density at radius 3 is 3.06 bits per heavy atom. The molecule has 0 saturated carbocycles. The number of hydrogen-bond donors (Lipinski definition) is 2. The molecule has 3 N–H and O–H groups in total. The molecule has 1 aliphatic heterocycles. The minimum absolute atomic E-state index is 0.337. The SMILES string of the molecule is CCCNc1cc(N(C)C2CCSC2)nc(N)n1. The molecule has 18 heavy (non-hydrogen) atoms. The van der Waals surface area contributed by atoms with Gasteiger partial charge in [-0.25, -0.2) is 0 Å². The van der Waals surface area contributed by atoms with Crippen molar-refractivity contribution in [2.24, 2.45) is 0 Å². The largest absolute Gasteiger partial charge is 0.370 e. The van der Waals surface area contributed by atoms with Gasteiger partial charge in [0.2, 0.25) is 5.95 Å². The third kappa shape index (κ3) is 3.19. The van der Waals surface area contributed by atoms with Crippen LogP contribution in [0.25, 0.3) is 0 Å². The fraction of sp³-hybridized carbons (Fsp3) is 0.667. The maximum absolute atomic E-state index is 5.77. The van der Waals surface area contributed by atoms with Crippen LogP contribution in [-0.4, -0.2) is 41.1 Å². The van der Waals surface area contributed by atoms with Gasteiger partial charge in [0.05, 0.1) is 0 Å². The molecule has 6 heteroatoms. The van der Waals surface area contributed by atoms with Crippen LogP contribution in [0.15, 0.2) is 6.07 Å². The first kappa shape index (κ1) is 13.3. The van der Waals surface area contributed by atoms with Crippen molar-refractivity contribution in [3.8, 4) is 0 Å². The topological polar surface area (TPSA) is 67.1 Å². The lowest BCUT2D eigenvalue weighted by atomic mass is 10.2. The second-order valence-corrected chi connectivity index (χ2v) is 5.67. The molecule has 5 nitrogen and oxygen atoms in total. The summed E-state index contributed by atoms with van der Waals surface area (Å²) < 4.78 is 0. The van der Waals surface area contributed by atoms with Gasteiger partial charge in [-0.05, 0) is 18.6 Å². The van der Waals surface area contributed by atoms with Crippen LogP contribution in [0.4, 0.5) is 17.6 Å². The molecule has 1 aromatic rings. The van der Waals surface area contributed by atoms with Gasteiger partial charge in [0, 0.05) is 31.5 Å². The maximum atomic E-state index is 5.77. The molecule has 1 atom stereocenters. The number of nitrogens with one attached hydrogen (secondary N) is 1. The number of nitrogens with two attached hydrogens (primary N) is 1. The average Bonchev–Trinajstić information content (AvgIpc) is 2.88. The third-order valence-corrected chi connectivity index (χ3v) is 4.25. The summed E-state index contributed by atoms with van der Waals surface area (Å²) in [5.74, 6) is 4.46. The van der Waals surface area contributed by atoms with Gasteiger partial charge in [0.1, 0.15) is 11.6 Å². The molecule has 0 amide bonds. The van der Waals surface area contributed by atoms with Gasteiger partial charge in [0.15, 0.2) is 0 Å². The number of thioether (sulfide) groups is 1. The second-order valence-electron chi connectivity index (χ2n) is 4.52. The van der Waals surface area contributed by atoms with E-state index in [1.165, 1.54) is 12.2 Å². The van der Waals surface area contributed by atoms with E-state index in [4.69, 9.17) is 5.73 Å². The summed E-state index contributed by atoms with van der Waals surface area (Å²) in [7, 11) is 2.09. The minimum Gasteiger partial charge on any atom is -0.370 e. The molecule has 0 spiro atoms. The van der Waals surface area contributed by atoms with Crippen molar-refractivity contribution in [1.82, 2.24) is 9.97 Å². The van der Waals surface area contributed by atoms with Crippen molar-refractivity contribution >= 4 is 29.3 Å². The third-order valence-electron chi connectivity index (χ3n) is 3.10. The first-order valence-electron chi connectivity index (χ1n) is 6.39.